The van der Waals surface area contributed by atoms with Crippen molar-refractivity contribution in [1.29, 1.82) is 0 Å². The van der Waals surface area contributed by atoms with Gasteiger partial charge in [-0.1, -0.05) is 19.3 Å². The van der Waals surface area contributed by atoms with Crippen LogP contribution in [0.1, 0.15) is 49.8 Å². The average Bonchev–Trinajstić information content (AvgIpc) is 2.78. The minimum atomic E-state index is -1.01. The van der Waals surface area contributed by atoms with Gasteiger partial charge in [-0.3, -0.25) is 9.48 Å². The molecular weight excluding hydrogens is 206 g/mol. The van der Waals surface area contributed by atoms with E-state index in [1.807, 2.05) is 4.68 Å². The maximum atomic E-state index is 10.7. The topological polar surface area (TPSA) is 81.1 Å². The predicted molar refractivity (Wildman–Crippen MR) is 58.9 cm³/mol. The summed E-state index contributed by atoms with van der Waals surface area (Å²) in [4.78, 5) is 10.7. The highest BCUT2D eigenvalue weighted by Gasteiger charge is 2.20. The number of hydrogen-bond acceptors (Lipinski definition) is 3. The first-order valence-corrected chi connectivity index (χ1v) is 5.71. The van der Waals surface area contributed by atoms with Gasteiger partial charge in [-0.15, -0.1) is 0 Å². The van der Waals surface area contributed by atoms with Gasteiger partial charge >= 0.3 is 5.97 Å². The van der Waals surface area contributed by atoms with Crippen LogP contribution in [0, 0.1) is 0 Å². The molecule has 1 aliphatic carbocycles. The second-order valence-corrected chi connectivity index (χ2v) is 4.36. The van der Waals surface area contributed by atoms with Crippen LogP contribution in [-0.4, -0.2) is 20.9 Å². The minimum absolute atomic E-state index is 0.420. The number of carboxylic acids is 1. The first-order valence-electron chi connectivity index (χ1n) is 5.71. The van der Waals surface area contributed by atoms with Crippen molar-refractivity contribution in [3.05, 3.63) is 18.0 Å². The molecular formula is C11H17N3O2. The average molecular weight is 223 g/mol. The summed E-state index contributed by atoms with van der Waals surface area (Å²) < 4.78 is 1.87. The fraction of sp³-hybridized carbons (Fsp3) is 0.636. The number of carbonyl (C=O) groups is 1. The van der Waals surface area contributed by atoms with E-state index in [0.29, 0.717) is 11.6 Å². The number of aliphatic carboxylic acids is 1. The Kier molecular flexibility index (Phi) is 3.24. The lowest BCUT2D eigenvalue weighted by Gasteiger charge is -2.21. The number of rotatable bonds is 3. The number of hydrogen-bond donors (Lipinski definition) is 2. The Hall–Kier alpha value is -1.36. The van der Waals surface area contributed by atoms with E-state index in [0.717, 1.165) is 12.8 Å². The largest absolute Gasteiger partial charge is 0.480 e. The number of nitrogens with zero attached hydrogens (tertiary/aromatic N) is 2. The van der Waals surface area contributed by atoms with E-state index in [-0.39, 0.29) is 0 Å². The van der Waals surface area contributed by atoms with Gasteiger partial charge in [-0.25, -0.2) is 0 Å². The van der Waals surface area contributed by atoms with E-state index in [4.69, 9.17) is 10.8 Å². The van der Waals surface area contributed by atoms with Gasteiger partial charge in [0.15, 0.2) is 0 Å². The van der Waals surface area contributed by atoms with Crippen LogP contribution in [0.2, 0.25) is 0 Å². The third-order valence-electron chi connectivity index (χ3n) is 3.20. The normalized spacial score (nSPS) is 19.6. The second kappa shape index (κ2) is 4.65. The molecule has 0 amide bonds. The van der Waals surface area contributed by atoms with E-state index >= 15 is 0 Å². The molecule has 16 heavy (non-hydrogen) atoms. The van der Waals surface area contributed by atoms with Crippen molar-refractivity contribution >= 4 is 5.97 Å². The molecule has 3 N–H and O–H groups in total. The molecule has 1 saturated carbocycles. The highest BCUT2D eigenvalue weighted by atomic mass is 16.4. The summed E-state index contributed by atoms with van der Waals surface area (Å²) in [7, 11) is 0. The van der Waals surface area contributed by atoms with Crippen LogP contribution < -0.4 is 5.73 Å². The lowest BCUT2D eigenvalue weighted by molar-refractivity contribution is -0.138. The summed E-state index contributed by atoms with van der Waals surface area (Å²) in [6.45, 7) is 0. The Morgan fingerprint density at radius 3 is 2.81 bits per heavy atom. The molecule has 2 rings (SSSR count). The quantitative estimate of drug-likeness (QED) is 0.813. The van der Waals surface area contributed by atoms with Crippen LogP contribution in [0.5, 0.6) is 0 Å². The van der Waals surface area contributed by atoms with Gasteiger partial charge in [-0.05, 0) is 12.8 Å². The van der Waals surface area contributed by atoms with Crippen LogP contribution in [0.4, 0.5) is 0 Å². The van der Waals surface area contributed by atoms with Crippen LogP contribution in [0.25, 0.3) is 0 Å². The summed E-state index contributed by atoms with van der Waals surface area (Å²) in [5.41, 5.74) is 6.11. The van der Waals surface area contributed by atoms with Crippen LogP contribution in [0.3, 0.4) is 0 Å². The third kappa shape index (κ3) is 2.24. The number of carboxylic acid groups (broad SMARTS) is 1. The van der Waals surface area contributed by atoms with Gasteiger partial charge < -0.3 is 10.8 Å². The standard InChI is InChI=1S/C11H17N3O2/c12-10(11(15)16)8-6-13-14(7-8)9-4-2-1-3-5-9/h6-7,9-10H,1-5,12H2,(H,15,16). The summed E-state index contributed by atoms with van der Waals surface area (Å²) in [5.74, 6) is -1.01. The number of nitrogens with two attached hydrogens (primary N) is 1. The third-order valence-corrected chi connectivity index (χ3v) is 3.20. The Bertz CT molecular complexity index is 369. The highest BCUT2D eigenvalue weighted by Crippen LogP contribution is 2.28. The van der Waals surface area contributed by atoms with E-state index in [9.17, 15) is 4.79 Å². The van der Waals surface area contributed by atoms with Crippen molar-refractivity contribution in [2.75, 3.05) is 0 Å². The van der Waals surface area contributed by atoms with Crippen molar-refractivity contribution < 1.29 is 9.90 Å². The van der Waals surface area contributed by atoms with Crippen molar-refractivity contribution in [3.63, 3.8) is 0 Å². The fourth-order valence-corrected chi connectivity index (χ4v) is 2.20. The zero-order chi connectivity index (χ0) is 11.5. The van der Waals surface area contributed by atoms with Crippen molar-refractivity contribution in [2.45, 2.75) is 44.2 Å². The first kappa shape index (κ1) is 11.1. The van der Waals surface area contributed by atoms with Gasteiger partial charge in [0, 0.05) is 11.8 Å². The molecule has 1 atom stereocenters. The van der Waals surface area contributed by atoms with Gasteiger partial charge in [0.2, 0.25) is 0 Å². The van der Waals surface area contributed by atoms with Crippen LogP contribution in [-0.2, 0) is 4.79 Å². The lowest BCUT2D eigenvalue weighted by atomic mass is 9.96. The second-order valence-electron chi connectivity index (χ2n) is 4.36. The van der Waals surface area contributed by atoms with Crippen molar-refractivity contribution in [1.82, 2.24) is 9.78 Å². The Morgan fingerprint density at radius 1 is 1.50 bits per heavy atom. The lowest BCUT2D eigenvalue weighted by Crippen LogP contribution is -2.20. The van der Waals surface area contributed by atoms with Gasteiger partial charge in [0.25, 0.3) is 0 Å². The van der Waals surface area contributed by atoms with Crippen LogP contribution in [0.15, 0.2) is 12.4 Å². The first-order chi connectivity index (χ1) is 7.68. The fourth-order valence-electron chi connectivity index (χ4n) is 2.20. The molecule has 1 aromatic rings. The van der Waals surface area contributed by atoms with Crippen molar-refractivity contribution in [2.24, 2.45) is 5.73 Å². The summed E-state index contributed by atoms with van der Waals surface area (Å²) in [6, 6.07) is -0.541. The molecule has 1 aromatic heterocycles. The van der Waals surface area contributed by atoms with E-state index in [2.05, 4.69) is 5.10 Å². The Morgan fingerprint density at radius 2 is 2.19 bits per heavy atom. The highest BCUT2D eigenvalue weighted by molar-refractivity contribution is 5.74. The van der Waals surface area contributed by atoms with E-state index in [1.165, 1.54) is 19.3 Å². The zero-order valence-electron chi connectivity index (χ0n) is 9.17. The maximum absolute atomic E-state index is 10.7. The van der Waals surface area contributed by atoms with Crippen LogP contribution >= 0.6 is 0 Å². The summed E-state index contributed by atoms with van der Waals surface area (Å²) in [6.07, 6.45) is 9.34. The van der Waals surface area contributed by atoms with E-state index < -0.39 is 12.0 Å². The zero-order valence-corrected chi connectivity index (χ0v) is 9.17. The molecule has 1 fully saturated rings. The molecule has 5 heteroatoms. The van der Waals surface area contributed by atoms with Gasteiger partial charge in [0.05, 0.1) is 12.2 Å². The number of aromatic nitrogens is 2. The van der Waals surface area contributed by atoms with Gasteiger partial charge in [0.1, 0.15) is 6.04 Å². The van der Waals surface area contributed by atoms with E-state index in [1.54, 1.807) is 12.4 Å². The molecule has 5 nitrogen and oxygen atoms in total. The molecule has 0 spiro atoms. The van der Waals surface area contributed by atoms with Crippen molar-refractivity contribution in [3.8, 4) is 0 Å². The molecule has 0 aromatic carbocycles. The molecule has 0 radical (unpaired) electrons. The molecule has 0 bridgehead atoms. The molecule has 1 unspecified atom stereocenters. The predicted octanol–water partition coefficient (Wildman–Crippen LogP) is 1.47. The SMILES string of the molecule is NC(C(=O)O)c1cnn(C2CCCCC2)c1. The molecule has 1 heterocycles. The molecule has 0 aliphatic heterocycles. The minimum Gasteiger partial charge on any atom is -0.480 e. The monoisotopic (exact) mass is 223 g/mol. The summed E-state index contributed by atoms with van der Waals surface area (Å²) >= 11 is 0. The molecule has 88 valence electrons. The summed E-state index contributed by atoms with van der Waals surface area (Å²) in [5, 5.41) is 13.0. The Labute approximate surface area is 94.2 Å². The molecule has 0 saturated heterocycles. The molecule has 1 aliphatic rings. The van der Waals surface area contributed by atoms with Gasteiger partial charge in [-0.2, -0.15) is 5.10 Å². The smallest absolute Gasteiger partial charge is 0.325 e. The Balaban J connectivity index is 2.09. The maximum Gasteiger partial charge on any atom is 0.325 e.